The van der Waals surface area contributed by atoms with E-state index < -0.39 is 17.7 Å². The summed E-state index contributed by atoms with van der Waals surface area (Å²) < 4.78 is 4.66. The molecule has 4 heteroatoms. The van der Waals surface area contributed by atoms with Gasteiger partial charge in [0.25, 0.3) is 0 Å². The second kappa shape index (κ2) is 5.66. The normalized spacial score (nSPS) is 11.2. The first kappa shape index (κ1) is 11.9. The number of carbonyl (C=O) groups is 2. The molecule has 0 bridgehead atoms. The first-order valence-corrected chi connectivity index (χ1v) is 4.86. The smallest absolute Gasteiger partial charge is 0.331 e. The van der Waals surface area contributed by atoms with Gasteiger partial charge in [0.15, 0.2) is 5.78 Å². The Balaban J connectivity index is 2.87. The summed E-state index contributed by atoms with van der Waals surface area (Å²) in [5.74, 6) is -2.69. The summed E-state index contributed by atoms with van der Waals surface area (Å²) >= 11 is 0. The number of Topliss-reactive ketones (excluding diaryl/α,β-unsaturated/α-hetero) is 1. The first-order valence-electron chi connectivity index (χ1n) is 4.86. The molecule has 0 N–H and O–H groups in total. The van der Waals surface area contributed by atoms with Crippen molar-refractivity contribution in [2.24, 2.45) is 5.92 Å². The van der Waals surface area contributed by atoms with Crippen LogP contribution in [0.15, 0.2) is 30.3 Å². The van der Waals surface area contributed by atoms with Crippen LogP contribution in [0, 0.1) is 17.2 Å². The number of nitriles is 1. The van der Waals surface area contributed by atoms with Gasteiger partial charge < -0.3 is 4.74 Å². The minimum Gasteiger partial charge on any atom is -0.465 e. The molecule has 0 spiro atoms. The molecule has 0 aliphatic heterocycles. The molecule has 16 heavy (non-hydrogen) atoms. The molecular weight excluding hydrogens is 206 g/mol. The molecule has 4 nitrogen and oxygen atoms in total. The van der Waals surface area contributed by atoms with Crippen LogP contribution in [0.4, 0.5) is 0 Å². The van der Waals surface area contributed by atoms with E-state index in [-0.39, 0.29) is 6.61 Å². The van der Waals surface area contributed by atoms with Crippen LogP contribution in [0.3, 0.4) is 0 Å². The van der Waals surface area contributed by atoms with Crippen molar-refractivity contribution in [1.82, 2.24) is 0 Å². The lowest BCUT2D eigenvalue weighted by molar-refractivity contribution is -0.144. The molecule has 0 unspecified atom stereocenters. The van der Waals surface area contributed by atoms with Crippen LogP contribution in [0.1, 0.15) is 17.3 Å². The lowest BCUT2D eigenvalue weighted by Gasteiger charge is -2.06. The van der Waals surface area contributed by atoms with Gasteiger partial charge in [-0.25, -0.2) is 0 Å². The zero-order valence-corrected chi connectivity index (χ0v) is 8.84. The van der Waals surface area contributed by atoms with Crippen LogP contribution in [0.25, 0.3) is 0 Å². The van der Waals surface area contributed by atoms with Crippen molar-refractivity contribution < 1.29 is 14.3 Å². The highest BCUT2D eigenvalue weighted by atomic mass is 16.5. The third kappa shape index (κ3) is 2.67. The van der Waals surface area contributed by atoms with Crippen molar-refractivity contribution in [2.75, 3.05) is 6.61 Å². The number of esters is 1. The summed E-state index contributed by atoms with van der Waals surface area (Å²) in [5, 5.41) is 8.78. The molecule has 0 aliphatic rings. The van der Waals surface area contributed by atoms with Crippen LogP contribution < -0.4 is 0 Å². The van der Waals surface area contributed by atoms with E-state index in [1.165, 1.54) is 0 Å². The van der Waals surface area contributed by atoms with E-state index in [0.717, 1.165) is 0 Å². The highest BCUT2D eigenvalue weighted by Crippen LogP contribution is 2.10. The number of benzene rings is 1. The van der Waals surface area contributed by atoms with Gasteiger partial charge in [-0.05, 0) is 6.92 Å². The third-order valence-electron chi connectivity index (χ3n) is 1.97. The van der Waals surface area contributed by atoms with E-state index in [4.69, 9.17) is 5.26 Å². The monoisotopic (exact) mass is 217 g/mol. The van der Waals surface area contributed by atoms with Crippen molar-refractivity contribution in [2.45, 2.75) is 6.92 Å². The minimum absolute atomic E-state index is 0.152. The number of carbonyl (C=O) groups excluding carboxylic acids is 2. The Morgan fingerprint density at radius 1 is 1.38 bits per heavy atom. The SMILES string of the molecule is CCOC(=O)[C@H](C#N)C(=O)c1ccccc1. The van der Waals surface area contributed by atoms with Crippen LogP contribution in [0.2, 0.25) is 0 Å². The molecule has 0 saturated carbocycles. The molecule has 0 radical (unpaired) electrons. The fraction of sp³-hybridized carbons (Fsp3) is 0.250. The molecule has 0 amide bonds. The molecule has 0 fully saturated rings. The van der Waals surface area contributed by atoms with Crippen LogP contribution in [-0.4, -0.2) is 18.4 Å². The minimum atomic E-state index is -1.37. The van der Waals surface area contributed by atoms with Gasteiger partial charge in [0.05, 0.1) is 12.7 Å². The summed E-state index contributed by atoms with van der Waals surface area (Å²) in [5.41, 5.74) is 0.335. The van der Waals surface area contributed by atoms with E-state index in [2.05, 4.69) is 4.74 Å². The molecule has 0 heterocycles. The molecule has 1 aromatic carbocycles. The van der Waals surface area contributed by atoms with Gasteiger partial charge in [0.1, 0.15) is 0 Å². The van der Waals surface area contributed by atoms with Crippen LogP contribution in [-0.2, 0) is 9.53 Å². The van der Waals surface area contributed by atoms with E-state index in [9.17, 15) is 9.59 Å². The van der Waals surface area contributed by atoms with Crippen LogP contribution >= 0.6 is 0 Å². The molecular formula is C12H11NO3. The van der Waals surface area contributed by atoms with Gasteiger partial charge in [0, 0.05) is 5.56 Å². The first-order chi connectivity index (χ1) is 7.70. The Morgan fingerprint density at radius 2 is 2.00 bits per heavy atom. The number of ketones is 1. The van der Waals surface area contributed by atoms with Crippen molar-refractivity contribution in [3.63, 3.8) is 0 Å². The lowest BCUT2D eigenvalue weighted by atomic mass is 9.99. The van der Waals surface area contributed by atoms with Gasteiger partial charge in [-0.2, -0.15) is 5.26 Å². The lowest BCUT2D eigenvalue weighted by Crippen LogP contribution is -2.24. The van der Waals surface area contributed by atoms with Gasteiger partial charge in [-0.15, -0.1) is 0 Å². The summed E-state index contributed by atoms with van der Waals surface area (Å²) in [7, 11) is 0. The van der Waals surface area contributed by atoms with Gasteiger partial charge >= 0.3 is 5.97 Å². The second-order valence-electron chi connectivity index (χ2n) is 3.04. The Labute approximate surface area is 93.5 Å². The Hall–Kier alpha value is -2.15. The largest absolute Gasteiger partial charge is 0.465 e. The predicted octanol–water partition coefficient (Wildman–Crippen LogP) is 1.57. The highest BCUT2D eigenvalue weighted by molar-refractivity contribution is 6.10. The Kier molecular flexibility index (Phi) is 4.22. The molecule has 0 aromatic heterocycles. The van der Waals surface area contributed by atoms with Gasteiger partial charge in [0.2, 0.25) is 5.92 Å². The van der Waals surface area contributed by atoms with Crippen molar-refractivity contribution in [1.29, 1.82) is 5.26 Å². The summed E-state index contributed by atoms with van der Waals surface area (Å²) in [6.07, 6.45) is 0. The topological polar surface area (TPSA) is 67.2 Å². The molecule has 1 rings (SSSR count). The second-order valence-corrected chi connectivity index (χ2v) is 3.04. The summed E-state index contributed by atoms with van der Waals surface area (Å²) in [4.78, 5) is 23.1. The highest BCUT2D eigenvalue weighted by Gasteiger charge is 2.28. The van der Waals surface area contributed by atoms with Crippen molar-refractivity contribution >= 4 is 11.8 Å². The zero-order valence-electron chi connectivity index (χ0n) is 8.84. The van der Waals surface area contributed by atoms with Crippen LogP contribution in [0.5, 0.6) is 0 Å². The Morgan fingerprint density at radius 3 is 2.50 bits per heavy atom. The summed E-state index contributed by atoms with van der Waals surface area (Å²) in [6.45, 7) is 1.78. The standard InChI is InChI=1S/C12H11NO3/c1-2-16-12(15)10(8-13)11(14)9-6-4-3-5-7-9/h3-7,10H,2H2,1H3/t10-/m1/s1. The molecule has 0 aliphatic carbocycles. The third-order valence-corrected chi connectivity index (χ3v) is 1.97. The average molecular weight is 217 g/mol. The number of rotatable bonds is 4. The maximum absolute atomic E-state index is 11.8. The molecule has 1 atom stereocenters. The number of nitrogens with zero attached hydrogens (tertiary/aromatic N) is 1. The van der Waals surface area contributed by atoms with Crippen molar-refractivity contribution in [3.8, 4) is 6.07 Å². The zero-order chi connectivity index (χ0) is 12.0. The number of ether oxygens (including phenoxy) is 1. The number of hydrogen-bond donors (Lipinski definition) is 0. The predicted molar refractivity (Wildman–Crippen MR) is 56.5 cm³/mol. The maximum Gasteiger partial charge on any atom is 0.331 e. The quantitative estimate of drug-likeness (QED) is 0.436. The van der Waals surface area contributed by atoms with E-state index in [0.29, 0.717) is 5.56 Å². The fourth-order valence-corrected chi connectivity index (χ4v) is 1.21. The summed E-state index contributed by atoms with van der Waals surface area (Å²) in [6, 6.07) is 9.88. The van der Waals surface area contributed by atoms with E-state index >= 15 is 0 Å². The Bertz CT molecular complexity index is 420. The molecule has 0 saturated heterocycles. The van der Waals surface area contributed by atoms with Gasteiger partial charge in [-0.1, -0.05) is 30.3 Å². The molecule has 1 aromatic rings. The van der Waals surface area contributed by atoms with Gasteiger partial charge in [-0.3, -0.25) is 9.59 Å². The number of hydrogen-bond acceptors (Lipinski definition) is 4. The van der Waals surface area contributed by atoms with Crippen molar-refractivity contribution in [3.05, 3.63) is 35.9 Å². The van der Waals surface area contributed by atoms with E-state index in [1.807, 2.05) is 0 Å². The molecule has 82 valence electrons. The van der Waals surface area contributed by atoms with E-state index in [1.54, 1.807) is 43.3 Å². The maximum atomic E-state index is 11.8. The fourth-order valence-electron chi connectivity index (χ4n) is 1.21. The average Bonchev–Trinajstić information content (AvgIpc) is 2.31.